The minimum Gasteiger partial charge on any atom is -0.508 e. The van der Waals surface area contributed by atoms with Crippen LogP contribution in [-0.4, -0.2) is 43.5 Å². The normalized spacial score (nSPS) is 11.0. The zero-order chi connectivity index (χ0) is 24.4. The van der Waals surface area contributed by atoms with E-state index in [-0.39, 0.29) is 11.4 Å². The molecule has 35 heavy (non-hydrogen) atoms. The fourth-order valence-electron chi connectivity index (χ4n) is 3.85. The summed E-state index contributed by atoms with van der Waals surface area (Å²) in [6, 6.07) is 11.6. The number of imidazole rings is 1. The number of anilines is 3. The number of fused-ring (bicyclic) bond motifs is 2. The van der Waals surface area contributed by atoms with E-state index in [4.69, 9.17) is 0 Å². The Morgan fingerprint density at radius 3 is 2.63 bits per heavy atom. The fourth-order valence-corrected chi connectivity index (χ4v) is 3.85. The number of aromatic hydroxyl groups is 1. The van der Waals surface area contributed by atoms with E-state index in [0.29, 0.717) is 41.1 Å². The molecule has 5 aromatic rings. The lowest BCUT2D eigenvalue weighted by Crippen LogP contribution is -2.16. The first-order valence-corrected chi connectivity index (χ1v) is 10.9. The van der Waals surface area contributed by atoms with Crippen LogP contribution in [0.15, 0.2) is 67.3 Å². The number of rotatable bonds is 7. The summed E-state index contributed by atoms with van der Waals surface area (Å²) in [6.07, 6.45) is 6.38. The highest BCUT2D eigenvalue weighted by atomic mass is 19.1. The number of phenolic OH excluding ortho intramolecular Hbond substituents is 1. The van der Waals surface area contributed by atoms with Gasteiger partial charge in [-0.15, -0.1) is 0 Å². The van der Waals surface area contributed by atoms with Crippen LogP contribution in [0, 0.1) is 12.7 Å². The zero-order valence-corrected chi connectivity index (χ0v) is 18.8. The van der Waals surface area contributed by atoms with Crippen LogP contribution in [0.3, 0.4) is 0 Å². The van der Waals surface area contributed by atoms with Crippen LogP contribution in [0.5, 0.6) is 5.75 Å². The number of hydrogen-bond acceptors (Lipinski definition) is 7. The molecule has 3 heterocycles. The summed E-state index contributed by atoms with van der Waals surface area (Å²) in [6.45, 7) is 2.93. The van der Waals surface area contributed by atoms with Crippen molar-refractivity contribution in [1.82, 2.24) is 19.4 Å². The molecule has 0 aliphatic heterocycles. The quantitative estimate of drug-likeness (QED) is 0.263. The van der Waals surface area contributed by atoms with Crippen molar-refractivity contribution < 1.29 is 14.3 Å². The molecule has 0 aliphatic rings. The van der Waals surface area contributed by atoms with E-state index in [0.717, 1.165) is 11.4 Å². The topological polar surface area (TPSA) is 116 Å². The third kappa shape index (κ3) is 4.67. The van der Waals surface area contributed by atoms with Crippen LogP contribution in [0.2, 0.25) is 0 Å². The van der Waals surface area contributed by atoms with Gasteiger partial charge in [-0.05, 0) is 31.2 Å². The predicted octanol–water partition coefficient (Wildman–Crippen LogP) is 4.21. The summed E-state index contributed by atoms with van der Waals surface area (Å²) in [5.74, 6) is -0.761. The maximum atomic E-state index is 14.4. The number of pyridine rings is 1. The molecule has 0 atom stereocenters. The van der Waals surface area contributed by atoms with Crippen LogP contribution >= 0.6 is 0 Å². The van der Waals surface area contributed by atoms with Crippen molar-refractivity contribution in [3.05, 3.63) is 84.3 Å². The zero-order valence-electron chi connectivity index (χ0n) is 18.8. The van der Waals surface area contributed by atoms with Crippen molar-refractivity contribution in [2.45, 2.75) is 6.92 Å². The first kappa shape index (κ1) is 22.1. The number of amides is 1. The number of nitrogens with zero attached hydrogens (tertiary/aromatic N) is 4. The Bertz CT molecular complexity index is 1550. The first-order valence-electron chi connectivity index (χ1n) is 10.9. The van der Waals surface area contributed by atoms with Crippen molar-refractivity contribution in [2.24, 2.45) is 0 Å². The summed E-state index contributed by atoms with van der Waals surface area (Å²) in [4.78, 5) is 26.0. The molecule has 0 fully saturated rings. The molecule has 0 bridgehead atoms. The first-order chi connectivity index (χ1) is 17.0. The monoisotopic (exact) mass is 471 g/mol. The van der Waals surface area contributed by atoms with E-state index < -0.39 is 11.7 Å². The Balaban J connectivity index is 1.33. The van der Waals surface area contributed by atoms with Gasteiger partial charge in [0, 0.05) is 55.7 Å². The van der Waals surface area contributed by atoms with Crippen LogP contribution in [-0.2, 0) is 0 Å². The van der Waals surface area contributed by atoms with Gasteiger partial charge < -0.3 is 25.5 Å². The Morgan fingerprint density at radius 1 is 1.00 bits per heavy atom. The van der Waals surface area contributed by atoms with E-state index in [1.165, 1.54) is 16.7 Å². The van der Waals surface area contributed by atoms with Gasteiger partial charge in [0.15, 0.2) is 11.5 Å². The number of aromatic nitrogens is 4. The molecule has 0 saturated carbocycles. The smallest absolute Gasteiger partial charge is 0.257 e. The Morgan fingerprint density at radius 2 is 1.80 bits per heavy atom. The molecular formula is C25H22FN7O2. The second-order valence-corrected chi connectivity index (χ2v) is 7.96. The number of phenols is 1. The molecule has 0 radical (unpaired) electrons. The van der Waals surface area contributed by atoms with Gasteiger partial charge >= 0.3 is 0 Å². The summed E-state index contributed by atoms with van der Waals surface area (Å²) in [5, 5.41) is 18.8. The number of nitrogens with one attached hydrogen (secondary N) is 3. The van der Waals surface area contributed by atoms with E-state index in [2.05, 4.69) is 30.9 Å². The van der Waals surface area contributed by atoms with Crippen molar-refractivity contribution in [1.29, 1.82) is 0 Å². The van der Waals surface area contributed by atoms with Gasteiger partial charge in [-0.2, -0.15) is 0 Å². The average molecular weight is 471 g/mol. The molecular weight excluding hydrogens is 449 g/mol. The standard InChI is InChI=1S/C25H22FN7O2/c1-15-13-33-14-17(12-20(26)24(33)31-15)32-25(35)19-5-6-21(23-22(19)29-9-10-30-23)28-8-7-27-16-3-2-4-18(34)11-16/h2-6,9-14,27-28,34H,7-8H2,1H3,(H,32,35). The fraction of sp³-hybridized carbons (Fsp3) is 0.120. The number of hydrogen-bond donors (Lipinski definition) is 4. The molecule has 0 unspecified atom stereocenters. The Kier molecular flexibility index (Phi) is 5.84. The van der Waals surface area contributed by atoms with Gasteiger partial charge in [0.05, 0.1) is 22.6 Å². The van der Waals surface area contributed by atoms with E-state index >= 15 is 0 Å². The van der Waals surface area contributed by atoms with Crippen molar-refractivity contribution in [2.75, 3.05) is 29.0 Å². The molecule has 0 saturated heterocycles. The Hall–Kier alpha value is -4.73. The number of halogens is 1. The lowest BCUT2D eigenvalue weighted by atomic mass is 10.1. The molecule has 4 N–H and O–H groups in total. The second kappa shape index (κ2) is 9.26. The summed E-state index contributed by atoms with van der Waals surface area (Å²) in [5.41, 5.74) is 4.00. The highest BCUT2D eigenvalue weighted by Crippen LogP contribution is 2.25. The molecule has 3 aromatic heterocycles. The van der Waals surface area contributed by atoms with Crippen molar-refractivity contribution in [3.63, 3.8) is 0 Å². The largest absolute Gasteiger partial charge is 0.508 e. The van der Waals surface area contributed by atoms with Gasteiger partial charge in [-0.3, -0.25) is 14.8 Å². The maximum Gasteiger partial charge on any atom is 0.257 e. The number of carbonyl (C=O) groups excluding carboxylic acids is 1. The van der Waals surface area contributed by atoms with Crippen LogP contribution in [0.4, 0.5) is 21.5 Å². The summed E-state index contributed by atoms with van der Waals surface area (Å²) >= 11 is 0. The second-order valence-electron chi connectivity index (χ2n) is 7.96. The third-order valence-electron chi connectivity index (χ3n) is 5.37. The molecule has 0 aliphatic carbocycles. The lowest BCUT2D eigenvalue weighted by molar-refractivity contribution is 0.102. The van der Waals surface area contributed by atoms with Crippen molar-refractivity contribution in [3.8, 4) is 5.75 Å². The van der Waals surface area contributed by atoms with Gasteiger partial charge in [0.2, 0.25) is 0 Å². The number of benzene rings is 2. The van der Waals surface area contributed by atoms with Crippen LogP contribution in [0.1, 0.15) is 16.1 Å². The highest BCUT2D eigenvalue weighted by molar-refractivity contribution is 6.13. The summed E-state index contributed by atoms with van der Waals surface area (Å²) < 4.78 is 15.9. The van der Waals surface area contributed by atoms with Crippen LogP contribution < -0.4 is 16.0 Å². The summed E-state index contributed by atoms with van der Waals surface area (Å²) in [7, 11) is 0. The minimum atomic E-state index is -0.528. The Labute approximate surface area is 199 Å². The van der Waals surface area contributed by atoms with Crippen molar-refractivity contribution >= 4 is 39.6 Å². The van der Waals surface area contributed by atoms with Gasteiger partial charge in [0.25, 0.3) is 5.91 Å². The molecule has 2 aromatic carbocycles. The number of aryl methyl sites for hydroxylation is 1. The maximum absolute atomic E-state index is 14.4. The SMILES string of the molecule is Cc1cn2cc(NC(=O)c3ccc(NCCNc4cccc(O)c4)c4nccnc34)cc(F)c2n1. The van der Waals surface area contributed by atoms with E-state index in [1.807, 2.05) is 6.07 Å². The number of carbonyl (C=O) groups is 1. The average Bonchev–Trinajstić information content (AvgIpc) is 3.22. The third-order valence-corrected chi connectivity index (χ3v) is 5.37. The molecule has 0 spiro atoms. The molecule has 1 amide bonds. The van der Waals surface area contributed by atoms with Gasteiger partial charge in [-0.1, -0.05) is 6.07 Å². The highest BCUT2D eigenvalue weighted by Gasteiger charge is 2.16. The predicted molar refractivity (Wildman–Crippen MR) is 132 cm³/mol. The molecule has 5 rings (SSSR count). The van der Waals surface area contributed by atoms with Crippen LogP contribution in [0.25, 0.3) is 16.7 Å². The van der Waals surface area contributed by atoms with Gasteiger partial charge in [0.1, 0.15) is 16.8 Å². The lowest BCUT2D eigenvalue weighted by Gasteiger charge is -2.13. The molecule has 10 heteroatoms. The van der Waals surface area contributed by atoms with E-state index in [9.17, 15) is 14.3 Å². The molecule has 176 valence electrons. The molecule has 9 nitrogen and oxygen atoms in total. The van der Waals surface area contributed by atoms with Gasteiger partial charge in [-0.25, -0.2) is 9.37 Å². The minimum absolute atomic E-state index is 0.195. The van der Waals surface area contributed by atoms with E-state index in [1.54, 1.807) is 55.8 Å².